The van der Waals surface area contributed by atoms with Gasteiger partial charge in [-0.05, 0) is 42.0 Å². The lowest BCUT2D eigenvalue weighted by Crippen LogP contribution is -2.16. The molecule has 1 N–H and O–H groups in total. The third-order valence-corrected chi connectivity index (χ3v) is 3.10. The second-order valence-corrected chi connectivity index (χ2v) is 5.11. The minimum atomic E-state index is -0.615. The Morgan fingerprint density at radius 3 is 2.36 bits per heavy atom. The number of nitro groups is 1. The van der Waals surface area contributed by atoms with E-state index >= 15 is 0 Å². The Balaban J connectivity index is 1.94. The summed E-state index contributed by atoms with van der Waals surface area (Å²) in [5, 5.41) is 12.8. The van der Waals surface area contributed by atoms with Crippen molar-refractivity contribution in [2.75, 3.05) is 5.32 Å². The van der Waals surface area contributed by atoms with Gasteiger partial charge in [-0.25, -0.2) is 4.79 Å². The first-order chi connectivity index (χ1) is 10.5. The molecule has 1 amide bonds. The molecule has 0 aromatic heterocycles. The molecule has 7 heteroatoms. The number of anilines is 1. The van der Waals surface area contributed by atoms with Gasteiger partial charge in [0.05, 0.1) is 4.92 Å². The summed E-state index contributed by atoms with van der Waals surface area (Å²) in [5.74, 6) is 0.341. The molecule has 0 atom stereocenters. The van der Waals surface area contributed by atoms with E-state index in [1.54, 1.807) is 48.5 Å². The molecule has 0 spiro atoms. The Labute approximate surface area is 134 Å². The van der Waals surface area contributed by atoms with E-state index < -0.39 is 11.0 Å². The molecule has 2 aromatic carbocycles. The van der Waals surface area contributed by atoms with Gasteiger partial charge < -0.3 is 4.74 Å². The van der Waals surface area contributed by atoms with E-state index in [1.807, 2.05) is 0 Å². The smallest absolute Gasteiger partial charge is 0.410 e. The number of nitrogens with one attached hydrogen (secondary N) is 1. The van der Waals surface area contributed by atoms with Crippen molar-refractivity contribution in [2.45, 2.75) is 0 Å². The zero-order valence-corrected chi connectivity index (χ0v) is 12.8. The summed E-state index contributed by atoms with van der Waals surface area (Å²) in [6, 6.07) is 13.4. The van der Waals surface area contributed by atoms with Crippen molar-refractivity contribution >= 4 is 33.8 Å². The molecule has 0 aliphatic heterocycles. The third kappa shape index (κ3) is 5.02. The number of ether oxygens (including phenoxy) is 1. The quantitative estimate of drug-likeness (QED) is 0.648. The molecular formula is C15H11BrN2O4. The first kappa shape index (κ1) is 15.7. The number of hydrogen-bond acceptors (Lipinski definition) is 4. The van der Waals surface area contributed by atoms with Crippen molar-refractivity contribution in [1.29, 1.82) is 0 Å². The summed E-state index contributed by atoms with van der Waals surface area (Å²) in [6.07, 6.45) is 1.58. The van der Waals surface area contributed by atoms with Crippen molar-refractivity contribution in [2.24, 2.45) is 0 Å². The molecule has 0 saturated carbocycles. The summed E-state index contributed by atoms with van der Waals surface area (Å²) in [4.78, 5) is 21.4. The van der Waals surface area contributed by atoms with Crippen LogP contribution in [0.4, 0.5) is 10.5 Å². The third-order valence-electron chi connectivity index (χ3n) is 2.57. The zero-order chi connectivity index (χ0) is 15.9. The fourth-order valence-corrected chi connectivity index (χ4v) is 1.84. The molecule has 6 nitrogen and oxygen atoms in total. The maximum Gasteiger partial charge on any atom is 0.417 e. The van der Waals surface area contributed by atoms with Crippen LogP contribution in [0, 0.1) is 10.1 Å². The summed E-state index contributed by atoms with van der Waals surface area (Å²) >= 11 is 3.30. The molecule has 2 rings (SSSR count). The largest absolute Gasteiger partial charge is 0.417 e. The van der Waals surface area contributed by atoms with Crippen LogP contribution in [-0.2, 0) is 0 Å². The van der Waals surface area contributed by atoms with E-state index in [9.17, 15) is 14.9 Å². The Hall–Kier alpha value is -2.67. The van der Waals surface area contributed by atoms with Gasteiger partial charge in [0.2, 0.25) is 6.20 Å². The zero-order valence-electron chi connectivity index (χ0n) is 11.2. The summed E-state index contributed by atoms with van der Waals surface area (Å²) in [7, 11) is 0. The molecule has 0 aliphatic carbocycles. The van der Waals surface area contributed by atoms with E-state index in [2.05, 4.69) is 21.2 Å². The van der Waals surface area contributed by atoms with Crippen LogP contribution in [0.2, 0.25) is 0 Å². The molecule has 0 aliphatic rings. The van der Waals surface area contributed by atoms with Crippen LogP contribution in [0.3, 0.4) is 0 Å². The van der Waals surface area contributed by atoms with Crippen LogP contribution in [0.5, 0.6) is 5.75 Å². The number of benzene rings is 2. The van der Waals surface area contributed by atoms with Crippen molar-refractivity contribution in [3.05, 3.63) is 74.9 Å². The van der Waals surface area contributed by atoms with Gasteiger partial charge in [-0.1, -0.05) is 28.1 Å². The maximum atomic E-state index is 11.7. The highest BCUT2D eigenvalue weighted by Crippen LogP contribution is 2.16. The van der Waals surface area contributed by atoms with Gasteiger partial charge >= 0.3 is 6.09 Å². The highest BCUT2D eigenvalue weighted by Gasteiger charge is 2.05. The summed E-state index contributed by atoms with van der Waals surface area (Å²) in [6.45, 7) is 0. The summed E-state index contributed by atoms with van der Waals surface area (Å²) < 4.78 is 6.02. The first-order valence-corrected chi connectivity index (χ1v) is 6.98. The van der Waals surface area contributed by atoms with Crippen LogP contribution < -0.4 is 10.1 Å². The SMILES string of the molecule is O=C(Nc1ccc(Br)cc1)Oc1ccc(C=C[N+](=O)[O-])cc1. The molecular weight excluding hydrogens is 352 g/mol. The molecule has 2 aromatic rings. The number of rotatable bonds is 4. The minimum Gasteiger partial charge on any atom is -0.410 e. The van der Waals surface area contributed by atoms with Gasteiger partial charge in [0, 0.05) is 16.2 Å². The van der Waals surface area contributed by atoms with E-state index in [0.29, 0.717) is 17.0 Å². The number of halogens is 1. The van der Waals surface area contributed by atoms with E-state index in [4.69, 9.17) is 4.74 Å². The minimum absolute atomic E-state index is 0.341. The number of carbonyl (C=O) groups excluding carboxylic acids is 1. The number of hydrogen-bond donors (Lipinski definition) is 1. The fraction of sp³-hybridized carbons (Fsp3) is 0. The van der Waals surface area contributed by atoms with Crippen molar-refractivity contribution < 1.29 is 14.5 Å². The van der Waals surface area contributed by atoms with E-state index in [-0.39, 0.29) is 0 Å². The highest BCUT2D eigenvalue weighted by molar-refractivity contribution is 9.10. The van der Waals surface area contributed by atoms with Crippen LogP contribution in [0.1, 0.15) is 5.56 Å². The molecule has 22 heavy (non-hydrogen) atoms. The maximum absolute atomic E-state index is 11.7. The number of carbonyl (C=O) groups is 1. The van der Waals surface area contributed by atoms with Crippen molar-refractivity contribution in [3.63, 3.8) is 0 Å². The topological polar surface area (TPSA) is 81.5 Å². The van der Waals surface area contributed by atoms with E-state index in [1.165, 1.54) is 6.08 Å². The molecule has 0 unspecified atom stereocenters. The fourth-order valence-electron chi connectivity index (χ4n) is 1.58. The molecule has 112 valence electrons. The summed E-state index contributed by atoms with van der Waals surface area (Å²) in [5.41, 5.74) is 1.25. The molecule has 0 bridgehead atoms. The van der Waals surface area contributed by atoms with Crippen LogP contribution in [0.25, 0.3) is 6.08 Å². The Bertz CT molecular complexity index is 696. The van der Waals surface area contributed by atoms with Crippen LogP contribution in [0.15, 0.2) is 59.2 Å². The Kier molecular flexibility index (Phi) is 5.26. The van der Waals surface area contributed by atoms with Crippen LogP contribution >= 0.6 is 15.9 Å². The van der Waals surface area contributed by atoms with Crippen molar-refractivity contribution in [1.82, 2.24) is 0 Å². The monoisotopic (exact) mass is 362 g/mol. The van der Waals surface area contributed by atoms with Gasteiger partial charge in [0.15, 0.2) is 0 Å². The molecule has 0 radical (unpaired) electrons. The lowest BCUT2D eigenvalue weighted by atomic mass is 10.2. The molecule has 0 heterocycles. The van der Waals surface area contributed by atoms with E-state index in [0.717, 1.165) is 10.7 Å². The van der Waals surface area contributed by atoms with Crippen LogP contribution in [-0.4, -0.2) is 11.0 Å². The second kappa shape index (κ2) is 7.37. The predicted molar refractivity (Wildman–Crippen MR) is 86.3 cm³/mol. The predicted octanol–water partition coefficient (Wildman–Crippen LogP) is 4.31. The normalized spacial score (nSPS) is 10.4. The van der Waals surface area contributed by atoms with Gasteiger partial charge in [0.1, 0.15) is 5.75 Å². The Morgan fingerprint density at radius 2 is 1.77 bits per heavy atom. The van der Waals surface area contributed by atoms with Gasteiger partial charge in [-0.3, -0.25) is 15.4 Å². The van der Waals surface area contributed by atoms with Gasteiger partial charge in [0.25, 0.3) is 0 Å². The van der Waals surface area contributed by atoms with Gasteiger partial charge in [-0.2, -0.15) is 0 Å². The average molecular weight is 363 g/mol. The number of nitrogens with zero attached hydrogens (tertiary/aromatic N) is 1. The highest BCUT2D eigenvalue weighted by atomic mass is 79.9. The van der Waals surface area contributed by atoms with Crippen molar-refractivity contribution in [3.8, 4) is 5.75 Å². The van der Waals surface area contributed by atoms with Gasteiger partial charge in [-0.15, -0.1) is 0 Å². The molecule has 0 fully saturated rings. The lowest BCUT2D eigenvalue weighted by molar-refractivity contribution is -0.400. The standard InChI is InChI=1S/C15H11BrN2O4/c16-12-3-5-13(6-4-12)17-15(19)22-14-7-1-11(2-8-14)9-10-18(20)21/h1-10H,(H,17,19). The Morgan fingerprint density at radius 1 is 1.14 bits per heavy atom. The average Bonchev–Trinajstić information content (AvgIpc) is 2.49. The first-order valence-electron chi connectivity index (χ1n) is 6.19. The second-order valence-electron chi connectivity index (χ2n) is 4.19. The lowest BCUT2D eigenvalue weighted by Gasteiger charge is -2.06. The molecule has 0 saturated heterocycles. The number of amides is 1.